The molecule has 1 N–H and O–H groups in total. The first-order valence-corrected chi connectivity index (χ1v) is 27.5. The zero-order chi connectivity index (χ0) is 53.6. The maximum Gasteiger partial charge on any atom is 0.253 e. The Labute approximate surface area is 436 Å². The highest BCUT2D eigenvalue weighted by molar-refractivity contribution is 6.12. The fourth-order valence-electron chi connectivity index (χ4n) is 12.0. The van der Waals surface area contributed by atoms with E-state index in [-0.39, 0.29) is 77.4 Å². The SMILES string of the molecule is CCC(C)C(C(CC(=O)N1CCCC1C(OC)C(C)C(=O)CCCC1(C(=O)N2CCCCO2)CC1c1ccccc1)OC)N(C)C(=O)C(NC(=O)C(C(C)C)N(C)CCCCCCN1C(=O)C=CC1=O)C(C)C. The number of ketones is 1. The molecule has 1 aromatic rings. The summed E-state index contributed by atoms with van der Waals surface area (Å²) in [7, 11) is 6.85. The quantitative estimate of drug-likeness (QED) is 0.0624. The fourth-order valence-corrected chi connectivity index (χ4v) is 12.0. The molecule has 0 aromatic heterocycles. The molecule has 73 heavy (non-hydrogen) atoms. The molecule has 4 aliphatic rings. The van der Waals surface area contributed by atoms with Gasteiger partial charge in [-0.1, -0.05) is 98.1 Å². The van der Waals surface area contributed by atoms with Crippen molar-refractivity contribution in [3.8, 4) is 0 Å². The number of imide groups is 1. The number of Topliss-reactive ketones (excluding diaryl/α,β-unsaturated/α-hetero) is 1. The van der Waals surface area contributed by atoms with Crippen LogP contribution in [0, 0.1) is 29.1 Å². The minimum atomic E-state index is -0.828. The zero-order valence-corrected chi connectivity index (χ0v) is 46.1. The molecular formula is C57H90N6O10. The van der Waals surface area contributed by atoms with Gasteiger partial charge in [0.1, 0.15) is 11.8 Å². The van der Waals surface area contributed by atoms with Crippen molar-refractivity contribution in [1.29, 1.82) is 0 Å². The van der Waals surface area contributed by atoms with Gasteiger partial charge in [-0.15, -0.1) is 0 Å². The van der Waals surface area contributed by atoms with Crippen molar-refractivity contribution in [3.05, 3.63) is 48.0 Å². The summed E-state index contributed by atoms with van der Waals surface area (Å²) in [5.41, 5.74) is 0.540. The summed E-state index contributed by atoms with van der Waals surface area (Å²) in [6.07, 6.45) is 10.9. The Balaban J connectivity index is 1.18. The van der Waals surface area contributed by atoms with Gasteiger partial charge < -0.3 is 24.6 Å². The first-order chi connectivity index (χ1) is 34.8. The highest BCUT2D eigenvalue weighted by Gasteiger charge is 2.61. The third-order valence-corrected chi connectivity index (χ3v) is 16.5. The molecule has 16 nitrogen and oxygen atoms in total. The van der Waals surface area contributed by atoms with Crippen LogP contribution in [0.5, 0.6) is 0 Å². The lowest BCUT2D eigenvalue weighted by molar-refractivity contribution is -0.203. The van der Waals surface area contributed by atoms with E-state index in [9.17, 15) is 33.6 Å². The third kappa shape index (κ3) is 14.9. The molecule has 3 aliphatic heterocycles. The standard InChI is InChI=1S/C57H90N6O10/c1-12-40(6)52(60(9)55(69)50(38(2)3)58-54(68)51(39(4)5)59(8)31-18-13-14-19-32-62-47(65)28-29-48(62)66)46(71-10)36-49(67)61-33-23-26-44(61)53(72-11)41(7)45(64)27-22-30-57(56(70)63-34-20-21-35-73-63)37-43(57)42-24-16-15-17-25-42/h15-17,24-25,28-29,38-41,43-44,46,50-53H,12-14,18-23,26-27,30-37H2,1-11H3,(H,58,68). The molecule has 0 bridgehead atoms. The van der Waals surface area contributed by atoms with Gasteiger partial charge in [0.25, 0.3) is 17.7 Å². The number of hydrogen-bond donors (Lipinski definition) is 1. The van der Waals surface area contributed by atoms with Crippen LogP contribution in [0.4, 0.5) is 0 Å². The van der Waals surface area contributed by atoms with Gasteiger partial charge in [-0.3, -0.25) is 48.2 Å². The molecule has 1 saturated carbocycles. The molecule has 16 heteroatoms. The average Bonchev–Trinajstić information content (AvgIpc) is 3.75. The topological polar surface area (TPSA) is 175 Å². The van der Waals surface area contributed by atoms with Crippen LogP contribution >= 0.6 is 0 Å². The number of amides is 6. The molecule has 3 fully saturated rings. The molecule has 0 spiro atoms. The number of carbonyl (C=O) groups excluding carboxylic acids is 7. The van der Waals surface area contributed by atoms with Crippen molar-refractivity contribution in [1.82, 2.24) is 30.0 Å². The zero-order valence-electron chi connectivity index (χ0n) is 46.1. The number of rotatable bonds is 30. The number of nitrogens with one attached hydrogen (secondary N) is 1. The number of benzene rings is 1. The van der Waals surface area contributed by atoms with Crippen LogP contribution in [0.3, 0.4) is 0 Å². The Morgan fingerprint density at radius 2 is 1.53 bits per heavy atom. The summed E-state index contributed by atoms with van der Waals surface area (Å²) in [5.74, 6) is -1.82. The molecular weight excluding hydrogens is 929 g/mol. The Morgan fingerprint density at radius 1 is 0.849 bits per heavy atom. The second kappa shape index (κ2) is 27.9. The molecule has 5 rings (SSSR count). The van der Waals surface area contributed by atoms with E-state index in [1.165, 1.54) is 17.1 Å². The van der Waals surface area contributed by atoms with Gasteiger partial charge in [0.2, 0.25) is 17.7 Å². The van der Waals surface area contributed by atoms with E-state index in [1.807, 2.05) is 76.6 Å². The maximum atomic E-state index is 14.7. The summed E-state index contributed by atoms with van der Waals surface area (Å²) in [5, 5.41) is 4.69. The number of nitrogens with zero attached hydrogens (tertiary/aromatic N) is 5. The summed E-state index contributed by atoms with van der Waals surface area (Å²) >= 11 is 0. The third-order valence-electron chi connectivity index (χ3n) is 16.5. The second-order valence-electron chi connectivity index (χ2n) is 22.2. The van der Waals surface area contributed by atoms with Crippen LogP contribution in [-0.4, -0.2) is 163 Å². The van der Waals surface area contributed by atoms with Crippen molar-refractivity contribution in [2.24, 2.45) is 29.1 Å². The first kappa shape index (κ1) is 59.4. The number of unbranched alkanes of at least 4 members (excludes halogenated alkanes) is 3. The van der Waals surface area contributed by atoms with Crippen molar-refractivity contribution in [3.63, 3.8) is 0 Å². The maximum absolute atomic E-state index is 14.7. The Bertz CT molecular complexity index is 2030. The second-order valence-corrected chi connectivity index (χ2v) is 22.2. The van der Waals surface area contributed by atoms with Gasteiger partial charge in [-0.2, -0.15) is 0 Å². The average molecular weight is 1020 g/mol. The summed E-state index contributed by atoms with van der Waals surface area (Å²) in [6, 6.07) is 8.01. The summed E-state index contributed by atoms with van der Waals surface area (Å²) in [4.78, 5) is 108. The number of ether oxygens (including phenoxy) is 2. The number of likely N-dealkylation sites (N-methyl/N-ethyl adjacent to an activating group) is 2. The van der Waals surface area contributed by atoms with Crippen molar-refractivity contribution in [2.45, 2.75) is 181 Å². The number of likely N-dealkylation sites (tertiary alicyclic amines) is 1. The molecule has 408 valence electrons. The fraction of sp³-hybridized carbons (Fsp3) is 0.737. The van der Waals surface area contributed by atoms with Crippen molar-refractivity contribution < 1.29 is 47.9 Å². The van der Waals surface area contributed by atoms with E-state index < -0.39 is 41.7 Å². The van der Waals surface area contributed by atoms with Crippen LogP contribution in [0.2, 0.25) is 0 Å². The van der Waals surface area contributed by atoms with Crippen LogP contribution < -0.4 is 5.32 Å². The van der Waals surface area contributed by atoms with Gasteiger partial charge in [-0.25, -0.2) is 5.06 Å². The Kier molecular flexibility index (Phi) is 22.7. The van der Waals surface area contributed by atoms with E-state index in [0.717, 1.165) is 50.5 Å². The van der Waals surface area contributed by atoms with E-state index >= 15 is 0 Å². The van der Waals surface area contributed by atoms with Crippen LogP contribution in [0.15, 0.2) is 42.5 Å². The largest absolute Gasteiger partial charge is 0.379 e. The van der Waals surface area contributed by atoms with Crippen molar-refractivity contribution >= 4 is 41.2 Å². The van der Waals surface area contributed by atoms with Gasteiger partial charge in [0, 0.05) is 65.4 Å². The predicted molar refractivity (Wildman–Crippen MR) is 280 cm³/mol. The Morgan fingerprint density at radius 3 is 2.14 bits per heavy atom. The highest BCUT2D eigenvalue weighted by Crippen LogP contribution is 2.63. The smallest absolute Gasteiger partial charge is 0.253 e. The molecule has 3 heterocycles. The minimum Gasteiger partial charge on any atom is -0.379 e. The number of hydroxylamine groups is 2. The van der Waals surface area contributed by atoms with Gasteiger partial charge >= 0.3 is 0 Å². The molecule has 10 atom stereocenters. The Hall–Kier alpha value is -4.51. The van der Waals surface area contributed by atoms with E-state index in [2.05, 4.69) is 24.4 Å². The number of carbonyl (C=O) groups is 7. The van der Waals surface area contributed by atoms with Gasteiger partial charge in [0.05, 0.1) is 48.8 Å². The summed E-state index contributed by atoms with van der Waals surface area (Å²) < 4.78 is 12.2. The van der Waals surface area contributed by atoms with Crippen LogP contribution in [0.25, 0.3) is 0 Å². The molecule has 2 saturated heterocycles. The monoisotopic (exact) mass is 1020 g/mol. The molecule has 1 aromatic carbocycles. The summed E-state index contributed by atoms with van der Waals surface area (Å²) in [6.45, 7) is 16.5. The van der Waals surface area contributed by atoms with Crippen LogP contribution in [-0.2, 0) is 47.9 Å². The molecule has 6 amide bonds. The lowest BCUT2D eigenvalue weighted by Crippen LogP contribution is -2.60. The van der Waals surface area contributed by atoms with Crippen LogP contribution in [0.1, 0.15) is 150 Å². The highest BCUT2D eigenvalue weighted by atomic mass is 16.7. The lowest BCUT2D eigenvalue weighted by atomic mass is 9.87. The lowest BCUT2D eigenvalue weighted by Gasteiger charge is -2.41. The molecule has 1 aliphatic carbocycles. The first-order valence-electron chi connectivity index (χ1n) is 27.5. The molecule has 0 radical (unpaired) electrons. The predicted octanol–water partition coefficient (Wildman–Crippen LogP) is 6.96. The number of methoxy groups -OCH3 is 2. The van der Waals surface area contributed by atoms with Gasteiger partial charge in [0.15, 0.2) is 0 Å². The van der Waals surface area contributed by atoms with E-state index in [1.54, 1.807) is 31.2 Å². The minimum absolute atomic E-state index is 0.0163. The van der Waals surface area contributed by atoms with Crippen molar-refractivity contribution in [2.75, 3.05) is 61.1 Å². The van der Waals surface area contributed by atoms with Gasteiger partial charge in [-0.05, 0) is 101 Å². The van der Waals surface area contributed by atoms with E-state index in [0.29, 0.717) is 71.3 Å². The molecule has 10 unspecified atom stereocenters. The number of hydrogen-bond acceptors (Lipinski definition) is 11. The van der Waals surface area contributed by atoms with E-state index in [4.69, 9.17) is 14.3 Å². The normalized spacial score (nSPS) is 22.9.